The molecule has 0 spiro atoms. The van der Waals surface area contributed by atoms with Gasteiger partial charge in [0, 0.05) is 12.2 Å². The van der Waals surface area contributed by atoms with E-state index in [0.717, 1.165) is 25.7 Å². The molecule has 118 valence electrons. The first-order valence-electron chi connectivity index (χ1n) is 7.36. The van der Waals surface area contributed by atoms with Crippen molar-refractivity contribution in [1.82, 2.24) is 5.32 Å². The van der Waals surface area contributed by atoms with Gasteiger partial charge in [0.05, 0.1) is 12.1 Å². The monoisotopic (exact) mass is 306 g/mol. The van der Waals surface area contributed by atoms with E-state index in [1.54, 1.807) is 6.92 Å². The Morgan fingerprint density at radius 2 is 2.00 bits per heavy atom. The van der Waals surface area contributed by atoms with Gasteiger partial charge < -0.3 is 21.1 Å². The summed E-state index contributed by atoms with van der Waals surface area (Å²) in [6.45, 7) is 1.65. The lowest BCUT2D eigenvalue weighted by molar-refractivity contribution is -0.122. The molecule has 6 nitrogen and oxygen atoms in total. The lowest BCUT2D eigenvalue weighted by Crippen LogP contribution is -2.42. The Morgan fingerprint density at radius 1 is 1.40 bits per heavy atom. The summed E-state index contributed by atoms with van der Waals surface area (Å²) in [5.74, 6) is -0.103. The summed E-state index contributed by atoms with van der Waals surface area (Å²) >= 11 is 0. The Hall–Kier alpha value is -0.420. The van der Waals surface area contributed by atoms with E-state index in [4.69, 9.17) is 5.73 Å². The van der Waals surface area contributed by atoms with Crippen molar-refractivity contribution in [2.75, 3.05) is 6.54 Å². The van der Waals surface area contributed by atoms with Gasteiger partial charge in [0.1, 0.15) is 0 Å². The molecule has 0 saturated heterocycles. The largest absolute Gasteiger partial charge is 0.391 e. The SMILES string of the molecule is C[C@@H](N)C(=O)NC[C@H](O)CC(C1CCCCC1)[PH](=O)O. The second-order valence-electron chi connectivity index (χ2n) is 5.77. The molecule has 4 atom stereocenters. The Balaban J connectivity index is 2.44. The lowest BCUT2D eigenvalue weighted by Gasteiger charge is -2.29. The van der Waals surface area contributed by atoms with Gasteiger partial charge in [-0.05, 0) is 32.1 Å². The van der Waals surface area contributed by atoms with Gasteiger partial charge in [0.2, 0.25) is 5.91 Å². The first-order chi connectivity index (χ1) is 9.41. The number of nitrogens with two attached hydrogens (primary N) is 1. The number of aliphatic hydroxyl groups excluding tert-OH is 1. The van der Waals surface area contributed by atoms with Crippen molar-refractivity contribution in [2.45, 2.75) is 63.3 Å². The molecule has 0 radical (unpaired) electrons. The highest BCUT2D eigenvalue weighted by atomic mass is 31.1. The van der Waals surface area contributed by atoms with E-state index < -0.39 is 20.2 Å². The average molecular weight is 306 g/mol. The van der Waals surface area contributed by atoms with E-state index >= 15 is 0 Å². The summed E-state index contributed by atoms with van der Waals surface area (Å²) < 4.78 is 11.5. The van der Waals surface area contributed by atoms with Crippen LogP contribution in [0, 0.1) is 5.92 Å². The van der Waals surface area contributed by atoms with Crippen molar-refractivity contribution in [3.63, 3.8) is 0 Å². The van der Waals surface area contributed by atoms with Gasteiger partial charge in [-0.2, -0.15) is 0 Å². The molecule has 0 aliphatic heterocycles. The molecule has 0 aromatic carbocycles. The predicted octanol–water partition coefficient (Wildman–Crippen LogP) is 0.617. The molecular weight excluding hydrogens is 279 g/mol. The first kappa shape index (κ1) is 17.6. The molecule has 1 saturated carbocycles. The Bertz CT molecular complexity index is 332. The summed E-state index contributed by atoms with van der Waals surface area (Å²) in [5, 5.41) is 12.5. The number of amides is 1. The van der Waals surface area contributed by atoms with Crippen molar-refractivity contribution >= 4 is 13.9 Å². The van der Waals surface area contributed by atoms with E-state index in [0.29, 0.717) is 0 Å². The van der Waals surface area contributed by atoms with E-state index in [1.807, 2.05) is 0 Å². The zero-order valence-corrected chi connectivity index (χ0v) is 13.0. The molecule has 1 aliphatic rings. The van der Waals surface area contributed by atoms with Gasteiger partial charge in [0.25, 0.3) is 0 Å². The van der Waals surface area contributed by atoms with Crippen LogP contribution >= 0.6 is 8.03 Å². The minimum atomic E-state index is -2.67. The fourth-order valence-electron chi connectivity index (χ4n) is 2.79. The Morgan fingerprint density at radius 3 is 2.50 bits per heavy atom. The van der Waals surface area contributed by atoms with E-state index in [-0.39, 0.29) is 30.4 Å². The van der Waals surface area contributed by atoms with Gasteiger partial charge in [-0.1, -0.05) is 19.3 Å². The second-order valence-corrected chi connectivity index (χ2v) is 7.18. The highest BCUT2D eigenvalue weighted by Crippen LogP contribution is 2.40. The number of nitrogens with one attached hydrogen (secondary N) is 1. The minimum Gasteiger partial charge on any atom is -0.391 e. The van der Waals surface area contributed by atoms with Crippen LogP contribution in [0.4, 0.5) is 0 Å². The molecule has 7 heteroatoms. The maximum absolute atomic E-state index is 11.5. The molecule has 1 amide bonds. The van der Waals surface area contributed by atoms with Crippen LogP contribution < -0.4 is 11.1 Å². The molecule has 20 heavy (non-hydrogen) atoms. The number of aliphatic hydroxyl groups is 1. The zero-order chi connectivity index (χ0) is 15.1. The van der Waals surface area contributed by atoms with Crippen molar-refractivity contribution < 1.29 is 19.4 Å². The number of hydrogen-bond acceptors (Lipinski definition) is 4. The smallest absolute Gasteiger partial charge is 0.236 e. The maximum atomic E-state index is 11.5. The quantitative estimate of drug-likeness (QED) is 0.515. The summed E-state index contributed by atoms with van der Waals surface area (Å²) in [4.78, 5) is 20.8. The number of rotatable bonds is 7. The molecule has 1 aliphatic carbocycles. The highest BCUT2D eigenvalue weighted by molar-refractivity contribution is 7.38. The van der Waals surface area contributed by atoms with E-state index in [2.05, 4.69) is 5.32 Å². The molecule has 0 aromatic rings. The van der Waals surface area contributed by atoms with Crippen LogP contribution in [0.2, 0.25) is 0 Å². The van der Waals surface area contributed by atoms with Gasteiger partial charge in [-0.25, -0.2) is 0 Å². The third-order valence-electron chi connectivity index (χ3n) is 3.99. The van der Waals surface area contributed by atoms with Crippen LogP contribution in [0.3, 0.4) is 0 Å². The average Bonchev–Trinajstić information content (AvgIpc) is 2.42. The van der Waals surface area contributed by atoms with Crippen LogP contribution in [-0.4, -0.2) is 40.3 Å². The Kier molecular flexibility index (Phi) is 7.74. The van der Waals surface area contributed by atoms with Crippen LogP contribution in [0.5, 0.6) is 0 Å². The normalized spacial score (nSPS) is 22.8. The molecule has 0 bridgehead atoms. The fourth-order valence-corrected chi connectivity index (χ4v) is 4.00. The summed E-state index contributed by atoms with van der Waals surface area (Å²) in [5.41, 5.74) is 5.06. The number of carbonyl (C=O) groups excluding carboxylic acids is 1. The molecule has 1 fully saturated rings. The lowest BCUT2D eigenvalue weighted by atomic mass is 9.85. The van der Waals surface area contributed by atoms with Gasteiger partial charge in [-0.3, -0.25) is 9.36 Å². The minimum absolute atomic E-state index is 0.0821. The molecular formula is C13H27N2O4P. The van der Waals surface area contributed by atoms with E-state index in [1.165, 1.54) is 6.42 Å². The van der Waals surface area contributed by atoms with Gasteiger partial charge in [-0.15, -0.1) is 0 Å². The maximum Gasteiger partial charge on any atom is 0.236 e. The third kappa shape index (κ3) is 5.92. The topological polar surface area (TPSA) is 113 Å². The van der Waals surface area contributed by atoms with Crippen LogP contribution in [0.25, 0.3) is 0 Å². The Labute approximate surface area is 121 Å². The van der Waals surface area contributed by atoms with Crippen LogP contribution in [-0.2, 0) is 9.36 Å². The third-order valence-corrected chi connectivity index (χ3v) is 5.33. The molecule has 1 rings (SSSR count). The standard InChI is InChI=1S/C13H27N2O4P/c1-9(14)13(17)15-8-11(16)7-12(20(18)19)10-5-3-2-4-6-10/h9-12,16,20H,2-8,14H2,1H3,(H,15,17)(H,18,19)/t9-,11-,12?/m1/s1. The van der Waals surface area contributed by atoms with E-state index in [9.17, 15) is 19.4 Å². The van der Waals surface area contributed by atoms with Crippen molar-refractivity contribution in [1.29, 1.82) is 0 Å². The van der Waals surface area contributed by atoms with Crippen molar-refractivity contribution in [2.24, 2.45) is 11.7 Å². The molecule has 0 heterocycles. The van der Waals surface area contributed by atoms with Gasteiger partial charge >= 0.3 is 0 Å². The van der Waals surface area contributed by atoms with Crippen LogP contribution in [0.1, 0.15) is 45.4 Å². The molecule has 0 aromatic heterocycles. The predicted molar refractivity (Wildman–Crippen MR) is 78.9 cm³/mol. The summed E-state index contributed by atoms with van der Waals surface area (Å²) in [7, 11) is -2.67. The second kappa shape index (κ2) is 8.78. The number of hydrogen-bond donors (Lipinski definition) is 4. The number of carbonyl (C=O) groups is 1. The van der Waals surface area contributed by atoms with Gasteiger partial charge in [0.15, 0.2) is 8.03 Å². The van der Waals surface area contributed by atoms with Crippen molar-refractivity contribution in [3.8, 4) is 0 Å². The molecule has 5 N–H and O–H groups in total. The first-order valence-corrected chi connectivity index (χ1v) is 8.79. The summed E-state index contributed by atoms with van der Waals surface area (Å²) in [6, 6.07) is -0.617. The molecule has 2 unspecified atom stereocenters. The fraction of sp³-hybridized carbons (Fsp3) is 0.923. The van der Waals surface area contributed by atoms with Crippen LogP contribution in [0.15, 0.2) is 0 Å². The van der Waals surface area contributed by atoms with Crippen molar-refractivity contribution in [3.05, 3.63) is 0 Å². The highest BCUT2D eigenvalue weighted by Gasteiger charge is 2.29. The zero-order valence-electron chi connectivity index (χ0n) is 12.0. The summed E-state index contributed by atoms with van der Waals surface area (Å²) in [6.07, 6.45) is 4.74.